The summed E-state index contributed by atoms with van der Waals surface area (Å²) >= 11 is 0. The zero-order chi connectivity index (χ0) is 14.4. The highest BCUT2D eigenvalue weighted by atomic mass is 19.2. The number of hydrogen-bond acceptors (Lipinski definition) is 1. The molecule has 2 aromatic rings. The Bertz CT molecular complexity index is 661. The van der Waals surface area contributed by atoms with E-state index >= 15 is 0 Å². The van der Waals surface area contributed by atoms with Crippen LogP contribution in [0.4, 0.5) is 13.2 Å². The number of halogens is 3. The first-order chi connectivity index (χ1) is 9.47. The first-order valence-corrected chi connectivity index (χ1v) is 6.86. The second-order valence-corrected chi connectivity index (χ2v) is 5.87. The van der Waals surface area contributed by atoms with Crippen LogP contribution in [-0.2, 0) is 13.0 Å². The van der Waals surface area contributed by atoms with E-state index in [-0.39, 0.29) is 5.39 Å². The van der Waals surface area contributed by atoms with Crippen molar-refractivity contribution in [3.05, 3.63) is 34.8 Å². The van der Waals surface area contributed by atoms with Gasteiger partial charge in [0.2, 0.25) is 0 Å². The SMILES string of the molecule is CC(C)CN1CCc2[nH]c3cc(F)c(F)c(F)c3c2C1. The van der Waals surface area contributed by atoms with Crippen LogP contribution in [0.5, 0.6) is 0 Å². The molecule has 0 aliphatic carbocycles. The average Bonchev–Trinajstić information content (AvgIpc) is 2.72. The van der Waals surface area contributed by atoms with Crippen molar-refractivity contribution < 1.29 is 13.2 Å². The molecule has 5 heteroatoms. The second kappa shape index (κ2) is 4.81. The van der Waals surface area contributed by atoms with Gasteiger partial charge in [0.1, 0.15) is 0 Å². The third-order valence-electron chi connectivity index (χ3n) is 3.80. The summed E-state index contributed by atoms with van der Waals surface area (Å²) in [4.78, 5) is 5.25. The van der Waals surface area contributed by atoms with Crippen LogP contribution in [0.2, 0.25) is 0 Å². The summed E-state index contributed by atoms with van der Waals surface area (Å²) in [5.74, 6) is -3.10. The fourth-order valence-corrected chi connectivity index (χ4v) is 3.01. The summed E-state index contributed by atoms with van der Waals surface area (Å²) in [6, 6.07) is 1.04. The zero-order valence-corrected chi connectivity index (χ0v) is 11.6. The number of H-pyrrole nitrogens is 1. The van der Waals surface area contributed by atoms with Crippen LogP contribution in [0.3, 0.4) is 0 Å². The molecule has 0 saturated heterocycles. The molecule has 108 valence electrons. The molecule has 1 aliphatic heterocycles. The van der Waals surface area contributed by atoms with Crippen molar-refractivity contribution in [2.45, 2.75) is 26.8 Å². The summed E-state index contributed by atoms with van der Waals surface area (Å²) in [5.41, 5.74) is 2.00. The van der Waals surface area contributed by atoms with Gasteiger partial charge in [-0.1, -0.05) is 13.8 Å². The molecular weight excluding hydrogens is 265 g/mol. The minimum absolute atomic E-state index is 0.201. The molecule has 20 heavy (non-hydrogen) atoms. The summed E-state index contributed by atoms with van der Waals surface area (Å²) in [6.45, 7) is 6.62. The highest BCUT2D eigenvalue weighted by molar-refractivity contribution is 5.85. The fourth-order valence-electron chi connectivity index (χ4n) is 3.01. The number of nitrogens with zero attached hydrogens (tertiary/aromatic N) is 1. The lowest BCUT2D eigenvalue weighted by Gasteiger charge is -2.28. The van der Waals surface area contributed by atoms with Gasteiger partial charge >= 0.3 is 0 Å². The van der Waals surface area contributed by atoms with Gasteiger partial charge in [-0.15, -0.1) is 0 Å². The van der Waals surface area contributed by atoms with Crippen LogP contribution in [0, 0.1) is 23.4 Å². The number of nitrogens with one attached hydrogen (secondary N) is 1. The maximum Gasteiger partial charge on any atom is 0.195 e. The van der Waals surface area contributed by atoms with Crippen molar-refractivity contribution in [3.8, 4) is 0 Å². The van der Waals surface area contributed by atoms with E-state index in [1.807, 2.05) is 0 Å². The molecule has 0 saturated carbocycles. The molecule has 2 nitrogen and oxygen atoms in total. The van der Waals surface area contributed by atoms with Gasteiger partial charge in [-0.05, 0) is 11.5 Å². The van der Waals surface area contributed by atoms with Gasteiger partial charge in [0.05, 0.1) is 5.52 Å². The predicted molar refractivity (Wildman–Crippen MR) is 72.0 cm³/mol. The van der Waals surface area contributed by atoms with E-state index in [1.54, 1.807) is 0 Å². The van der Waals surface area contributed by atoms with E-state index in [0.717, 1.165) is 36.8 Å². The van der Waals surface area contributed by atoms with Crippen molar-refractivity contribution in [1.82, 2.24) is 9.88 Å². The van der Waals surface area contributed by atoms with Gasteiger partial charge < -0.3 is 4.98 Å². The van der Waals surface area contributed by atoms with Crippen LogP contribution in [-0.4, -0.2) is 23.0 Å². The number of fused-ring (bicyclic) bond motifs is 3. The van der Waals surface area contributed by atoms with Crippen LogP contribution in [0.25, 0.3) is 10.9 Å². The van der Waals surface area contributed by atoms with Gasteiger partial charge in [0.15, 0.2) is 17.5 Å². The molecule has 1 aliphatic rings. The Morgan fingerprint density at radius 2 is 2.00 bits per heavy atom. The van der Waals surface area contributed by atoms with Crippen molar-refractivity contribution in [3.63, 3.8) is 0 Å². The average molecular weight is 282 g/mol. The predicted octanol–water partition coefficient (Wildman–Crippen LogP) is 3.60. The normalized spacial score (nSPS) is 16.1. The molecule has 0 unspecified atom stereocenters. The van der Waals surface area contributed by atoms with Gasteiger partial charge in [-0.2, -0.15) is 0 Å². The topological polar surface area (TPSA) is 19.0 Å². The molecule has 0 atom stereocenters. The zero-order valence-electron chi connectivity index (χ0n) is 11.6. The molecule has 0 radical (unpaired) electrons. The van der Waals surface area contributed by atoms with E-state index in [0.29, 0.717) is 18.0 Å². The third kappa shape index (κ3) is 2.10. The monoisotopic (exact) mass is 282 g/mol. The van der Waals surface area contributed by atoms with E-state index in [4.69, 9.17) is 0 Å². The Balaban J connectivity index is 2.08. The first kappa shape index (κ1) is 13.5. The van der Waals surface area contributed by atoms with Crippen LogP contribution >= 0.6 is 0 Å². The first-order valence-electron chi connectivity index (χ1n) is 6.86. The number of benzene rings is 1. The second-order valence-electron chi connectivity index (χ2n) is 5.87. The van der Waals surface area contributed by atoms with Crippen molar-refractivity contribution in [2.75, 3.05) is 13.1 Å². The maximum absolute atomic E-state index is 14.0. The Kier molecular flexibility index (Phi) is 3.24. The Hall–Kier alpha value is -1.49. The molecule has 0 bridgehead atoms. The lowest BCUT2D eigenvalue weighted by Crippen LogP contribution is -2.33. The number of hydrogen-bond donors (Lipinski definition) is 1. The number of aromatic amines is 1. The molecule has 1 N–H and O–H groups in total. The summed E-state index contributed by atoms with van der Waals surface area (Å²) in [7, 11) is 0. The smallest absolute Gasteiger partial charge is 0.195 e. The van der Waals surface area contributed by atoms with Crippen LogP contribution in [0.15, 0.2) is 6.07 Å². The van der Waals surface area contributed by atoms with Gasteiger partial charge in [-0.25, -0.2) is 13.2 Å². The van der Waals surface area contributed by atoms with E-state index < -0.39 is 17.5 Å². The Morgan fingerprint density at radius 1 is 1.25 bits per heavy atom. The van der Waals surface area contributed by atoms with E-state index in [1.165, 1.54) is 0 Å². The molecule has 2 heterocycles. The summed E-state index contributed by atoms with van der Waals surface area (Å²) in [6.07, 6.45) is 0.749. The minimum atomic E-state index is -1.39. The quantitative estimate of drug-likeness (QED) is 0.834. The lowest BCUT2D eigenvalue weighted by atomic mass is 10.0. The fraction of sp³-hybridized carbons (Fsp3) is 0.467. The highest BCUT2D eigenvalue weighted by Crippen LogP contribution is 2.32. The summed E-state index contributed by atoms with van der Waals surface area (Å²) in [5, 5.41) is 0.201. The molecule has 1 aromatic heterocycles. The Labute approximate surface area is 115 Å². The number of aromatic nitrogens is 1. The molecule has 0 fully saturated rings. The van der Waals surface area contributed by atoms with Crippen LogP contribution in [0.1, 0.15) is 25.1 Å². The maximum atomic E-state index is 14.0. The highest BCUT2D eigenvalue weighted by Gasteiger charge is 2.25. The van der Waals surface area contributed by atoms with Gasteiger partial charge in [0, 0.05) is 43.2 Å². The lowest BCUT2D eigenvalue weighted by molar-refractivity contribution is 0.226. The van der Waals surface area contributed by atoms with Crippen molar-refractivity contribution in [1.29, 1.82) is 0 Å². The Morgan fingerprint density at radius 3 is 2.70 bits per heavy atom. The molecular formula is C15H17F3N2. The summed E-state index contributed by atoms with van der Waals surface area (Å²) < 4.78 is 40.7. The standard InChI is InChI=1S/C15H17F3N2/c1-8(2)6-20-4-3-11-9(7-20)13-12(19-11)5-10(16)14(17)15(13)18/h5,8,19H,3-4,6-7H2,1-2H3. The van der Waals surface area contributed by atoms with E-state index in [2.05, 4.69) is 23.7 Å². The van der Waals surface area contributed by atoms with E-state index in [9.17, 15) is 13.2 Å². The number of rotatable bonds is 2. The molecule has 1 aromatic carbocycles. The molecule has 0 spiro atoms. The van der Waals surface area contributed by atoms with Gasteiger partial charge in [-0.3, -0.25) is 4.90 Å². The minimum Gasteiger partial charge on any atom is -0.358 e. The molecule has 0 amide bonds. The van der Waals surface area contributed by atoms with Crippen molar-refractivity contribution >= 4 is 10.9 Å². The van der Waals surface area contributed by atoms with Crippen LogP contribution < -0.4 is 0 Å². The third-order valence-corrected chi connectivity index (χ3v) is 3.80. The van der Waals surface area contributed by atoms with Crippen molar-refractivity contribution in [2.24, 2.45) is 5.92 Å². The molecule has 3 rings (SSSR count). The van der Waals surface area contributed by atoms with Gasteiger partial charge in [0.25, 0.3) is 0 Å². The largest absolute Gasteiger partial charge is 0.358 e.